The van der Waals surface area contributed by atoms with Crippen molar-refractivity contribution in [3.8, 4) is 5.75 Å². The number of hydrogen-bond donors (Lipinski definition) is 2. The number of aryl methyl sites for hydroxylation is 1. The third-order valence-corrected chi connectivity index (χ3v) is 5.58. The Morgan fingerprint density at radius 3 is 2.62 bits per heavy atom. The van der Waals surface area contributed by atoms with Crippen molar-refractivity contribution in [2.75, 3.05) is 25.5 Å². The molecule has 6 nitrogen and oxygen atoms in total. The molecule has 1 aliphatic rings. The highest BCUT2D eigenvalue weighted by molar-refractivity contribution is 5.92. The number of para-hydroxylation sites is 2. The van der Waals surface area contributed by atoms with Crippen molar-refractivity contribution in [3.05, 3.63) is 59.7 Å². The zero-order valence-electron chi connectivity index (χ0n) is 17.3. The summed E-state index contributed by atoms with van der Waals surface area (Å²) in [6.45, 7) is 5.47. The fourth-order valence-electron chi connectivity index (χ4n) is 3.74. The van der Waals surface area contributed by atoms with Crippen LogP contribution in [0.1, 0.15) is 30.9 Å². The molecule has 0 radical (unpaired) electrons. The largest absolute Gasteiger partial charge is 0.495 e. The van der Waals surface area contributed by atoms with E-state index in [4.69, 9.17) is 4.74 Å². The summed E-state index contributed by atoms with van der Waals surface area (Å²) in [6.07, 6.45) is 1.54. The van der Waals surface area contributed by atoms with Crippen molar-refractivity contribution in [2.45, 2.75) is 33.2 Å². The molecule has 0 aliphatic carbocycles. The van der Waals surface area contributed by atoms with Gasteiger partial charge in [-0.1, -0.05) is 36.4 Å². The molecule has 6 heteroatoms. The van der Waals surface area contributed by atoms with E-state index < -0.39 is 5.41 Å². The Kier molecular flexibility index (Phi) is 6.42. The molecule has 0 bridgehead atoms. The Labute approximate surface area is 172 Å². The van der Waals surface area contributed by atoms with E-state index in [1.165, 1.54) is 0 Å². The number of hydrogen-bond acceptors (Lipinski definition) is 3. The van der Waals surface area contributed by atoms with Crippen molar-refractivity contribution in [1.82, 2.24) is 10.2 Å². The predicted octanol–water partition coefficient (Wildman–Crippen LogP) is 3.95. The third-order valence-electron chi connectivity index (χ3n) is 5.58. The van der Waals surface area contributed by atoms with Gasteiger partial charge in [0.2, 0.25) is 5.91 Å². The molecule has 29 heavy (non-hydrogen) atoms. The van der Waals surface area contributed by atoms with Gasteiger partial charge in [0.25, 0.3) is 0 Å². The molecule has 2 aromatic rings. The molecule has 0 spiro atoms. The van der Waals surface area contributed by atoms with E-state index in [1.807, 2.05) is 50.2 Å². The van der Waals surface area contributed by atoms with Gasteiger partial charge in [0, 0.05) is 19.6 Å². The summed E-state index contributed by atoms with van der Waals surface area (Å²) in [4.78, 5) is 27.5. The summed E-state index contributed by atoms with van der Waals surface area (Å²) in [6, 6.07) is 15.1. The van der Waals surface area contributed by atoms with E-state index in [0.717, 1.165) is 24.0 Å². The van der Waals surface area contributed by atoms with Crippen LogP contribution in [0.25, 0.3) is 0 Å². The second-order valence-corrected chi connectivity index (χ2v) is 7.83. The summed E-state index contributed by atoms with van der Waals surface area (Å²) < 4.78 is 5.30. The topological polar surface area (TPSA) is 70.7 Å². The lowest BCUT2D eigenvalue weighted by atomic mass is 9.81. The SMILES string of the molecule is COc1ccccc1NC(=O)N1CCC[C@](C)(C(=O)NCc2ccccc2C)C1. The first-order chi connectivity index (χ1) is 13.9. The Morgan fingerprint density at radius 2 is 1.86 bits per heavy atom. The Balaban J connectivity index is 1.63. The van der Waals surface area contributed by atoms with Crippen LogP contribution in [0.3, 0.4) is 0 Å². The van der Waals surface area contributed by atoms with Crippen LogP contribution in [0.5, 0.6) is 5.75 Å². The summed E-state index contributed by atoms with van der Waals surface area (Å²) in [5, 5.41) is 5.96. The van der Waals surface area contributed by atoms with E-state index in [0.29, 0.717) is 31.1 Å². The van der Waals surface area contributed by atoms with E-state index in [2.05, 4.69) is 10.6 Å². The molecule has 2 N–H and O–H groups in total. The quantitative estimate of drug-likeness (QED) is 0.805. The minimum absolute atomic E-state index is 0.0180. The molecule has 1 fully saturated rings. The second kappa shape index (κ2) is 8.99. The molecule has 154 valence electrons. The maximum atomic E-state index is 12.9. The first-order valence-electron chi connectivity index (χ1n) is 9.95. The van der Waals surface area contributed by atoms with Gasteiger partial charge < -0.3 is 20.3 Å². The van der Waals surface area contributed by atoms with Crippen LogP contribution in [0.2, 0.25) is 0 Å². The smallest absolute Gasteiger partial charge is 0.321 e. The Bertz CT molecular complexity index is 883. The number of nitrogens with zero attached hydrogens (tertiary/aromatic N) is 1. The number of rotatable bonds is 5. The number of ether oxygens (including phenoxy) is 1. The number of piperidine rings is 1. The van der Waals surface area contributed by atoms with Crippen molar-refractivity contribution >= 4 is 17.6 Å². The van der Waals surface area contributed by atoms with E-state index in [9.17, 15) is 9.59 Å². The predicted molar refractivity (Wildman–Crippen MR) is 114 cm³/mol. The number of benzene rings is 2. The molecule has 1 atom stereocenters. The Hall–Kier alpha value is -3.02. The molecular formula is C23H29N3O3. The summed E-state index contributed by atoms with van der Waals surface area (Å²) >= 11 is 0. The first kappa shape index (κ1) is 20.7. The summed E-state index contributed by atoms with van der Waals surface area (Å²) in [5.41, 5.74) is 2.26. The number of anilines is 1. The highest BCUT2D eigenvalue weighted by Crippen LogP contribution is 2.31. The summed E-state index contributed by atoms with van der Waals surface area (Å²) in [7, 11) is 1.57. The van der Waals surface area contributed by atoms with Crippen molar-refractivity contribution in [1.29, 1.82) is 0 Å². The minimum Gasteiger partial charge on any atom is -0.495 e. The first-order valence-corrected chi connectivity index (χ1v) is 9.95. The molecule has 1 saturated heterocycles. The fourth-order valence-corrected chi connectivity index (χ4v) is 3.74. The lowest BCUT2D eigenvalue weighted by Crippen LogP contribution is -2.52. The van der Waals surface area contributed by atoms with Crippen LogP contribution in [0.4, 0.5) is 10.5 Å². The molecule has 1 heterocycles. The number of nitrogens with one attached hydrogen (secondary N) is 2. The summed E-state index contributed by atoms with van der Waals surface area (Å²) in [5.74, 6) is 0.590. The number of amides is 3. The maximum absolute atomic E-state index is 12.9. The maximum Gasteiger partial charge on any atom is 0.321 e. The molecule has 1 aliphatic heterocycles. The average Bonchev–Trinajstić information content (AvgIpc) is 2.73. The monoisotopic (exact) mass is 395 g/mol. The lowest BCUT2D eigenvalue weighted by Gasteiger charge is -2.39. The van der Waals surface area contributed by atoms with Gasteiger partial charge in [-0.2, -0.15) is 0 Å². The second-order valence-electron chi connectivity index (χ2n) is 7.83. The highest BCUT2D eigenvalue weighted by atomic mass is 16.5. The molecule has 0 unspecified atom stereocenters. The lowest BCUT2D eigenvalue weighted by molar-refractivity contribution is -0.132. The molecule has 0 saturated carbocycles. The van der Waals surface area contributed by atoms with Crippen LogP contribution in [0, 0.1) is 12.3 Å². The van der Waals surface area contributed by atoms with Gasteiger partial charge >= 0.3 is 6.03 Å². The van der Waals surface area contributed by atoms with Gasteiger partial charge in [-0.3, -0.25) is 4.79 Å². The minimum atomic E-state index is -0.612. The van der Waals surface area contributed by atoms with E-state index in [1.54, 1.807) is 24.1 Å². The molecular weight excluding hydrogens is 366 g/mol. The van der Waals surface area contributed by atoms with E-state index >= 15 is 0 Å². The van der Waals surface area contributed by atoms with Gasteiger partial charge in [-0.05, 0) is 49.9 Å². The van der Waals surface area contributed by atoms with Gasteiger partial charge in [0.15, 0.2) is 0 Å². The number of likely N-dealkylation sites (tertiary alicyclic amines) is 1. The fraction of sp³-hybridized carbons (Fsp3) is 0.391. The van der Waals surface area contributed by atoms with Gasteiger partial charge in [-0.15, -0.1) is 0 Å². The molecule has 3 rings (SSSR count). The van der Waals surface area contributed by atoms with Gasteiger partial charge in [0.1, 0.15) is 5.75 Å². The molecule has 2 aromatic carbocycles. The van der Waals surface area contributed by atoms with Crippen LogP contribution in [-0.2, 0) is 11.3 Å². The van der Waals surface area contributed by atoms with Crippen LogP contribution in [0.15, 0.2) is 48.5 Å². The van der Waals surface area contributed by atoms with E-state index in [-0.39, 0.29) is 11.9 Å². The third kappa shape index (κ3) is 4.88. The van der Waals surface area contributed by atoms with Gasteiger partial charge in [-0.25, -0.2) is 4.79 Å². The normalized spacial score (nSPS) is 18.8. The Morgan fingerprint density at radius 1 is 1.14 bits per heavy atom. The van der Waals surface area contributed by atoms with Crippen molar-refractivity contribution in [2.24, 2.45) is 5.41 Å². The number of methoxy groups -OCH3 is 1. The van der Waals surface area contributed by atoms with Crippen LogP contribution in [-0.4, -0.2) is 37.0 Å². The zero-order chi connectivity index (χ0) is 20.9. The van der Waals surface area contributed by atoms with Crippen LogP contribution < -0.4 is 15.4 Å². The average molecular weight is 396 g/mol. The van der Waals surface area contributed by atoms with Gasteiger partial charge in [0.05, 0.1) is 18.2 Å². The van der Waals surface area contributed by atoms with Crippen LogP contribution >= 0.6 is 0 Å². The zero-order valence-corrected chi connectivity index (χ0v) is 17.3. The number of carbonyl (C=O) groups excluding carboxylic acids is 2. The number of carbonyl (C=O) groups is 2. The van der Waals surface area contributed by atoms with Crippen molar-refractivity contribution < 1.29 is 14.3 Å². The van der Waals surface area contributed by atoms with Crippen molar-refractivity contribution in [3.63, 3.8) is 0 Å². The number of urea groups is 1. The highest BCUT2D eigenvalue weighted by Gasteiger charge is 2.39. The molecule has 3 amide bonds. The standard InChI is InChI=1S/C23H29N3O3/c1-17-9-4-5-10-18(17)15-24-21(27)23(2)13-8-14-26(16-23)22(28)25-19-11-6-7-12-20(19)29-3/h4-7,9-12H,8,13-16H2,1-3H3,(H,24,27)(H,25,28)/t23-/m0/s1. The molecule has 0 aromatic heterocycles.